The SMILES string of the molecule is COc1ccc2nc(N3C(=O)C(=O)/C(=C(/O)c4ccc(C)cc4)[C@H]3c3ccc(Br)cc3)sc2c1. The Bertz CT molecular complexity index is 1460. The van der Waals surface area contributed by atoms with Crippen LogP contribution in [-0.2, 0) is 9.59 Å². The van der Waals surface area contributed by atoms with E-state index in [1.54, 1.807) is 25.3 Å². The highest BCUT2D eigenvalue weighted by Gasteiger charge is 2.48. The topological polar surface area (TPSA) is 79.7 Å². The molecule has 8 heteroatoms. The van der Waals surface area contributed by atoms with Crippen LogP contribution in [0.15, 0.2) is 76.8 Å². The Kier molecular flexibility index (Phi) is 5.71. The Morgan fingerprint density at radius 3 is 2.44 bits per heavy atom. The van der Waals surface area contributed by atoms with E-state index in [9.17, 15) is 14.7 Å². The number of hydrogen-bond acceptors (Lipinski definition) is 6. The van der Waals surface area contributed by atoms with E-state index in [1.165, 1.54) is 16.2 Å². The average molecular weight is 535 g/mol. The Morgan fingerprint density at radius 2 is 1.76 bits per heavy atom. The molecule has 0 unspecified atom stereocenters. The number of hydrogen-bond donors (Lipinski definition) is 1. The fourth-order valence-electron chi connectivity index (χ4n) is 3.98. The van der Waals surface area contributed by atoms with Crippen molar-refractivity contribution in [3.8, 4) is 5.75 Å². The lowest BCUT2D eigenvalue weighted by Gasteiger charge is -2.23. The van der Waals surface area contributed by atoms with Gasteiger partial charge in [0.25, 0.3) is 5.78 Å². The summed E-state index contributed by atoms with van der Waals surface area (Å²) in [4.78, 5) is 32.6. The molecule has 0 spiro atoms. The summed E-state index contributed by atoms with van der Waals surface area (Å²) in [5.41, 5.74) is 2.91. The van der Waals surface area contributed by atoms with Gasteiger partial charge in [-0.2, -0.15) is 0 Å². The number of Topliss-reactive ketones (excluding diaryl/α,β-unsaturated/α-hetero) is 1. The van der Waals surface area contributed by atoms with E-state index >= 15 is 0 Å². The number of aliphatic hydroxyl groups excluding tert-OH is 1. The molecule has 1 aromatic heterocycles. The average Bonchev–Trinajstić information content (AvgIpc) is 3.37. The number of halogens is 1. The molecule has 1 amide bonds. The maximum absolute atomic E-state index is 13.3. The number of carbonyl (C=O) groups is 2. The van der Waals surface area contributed by atoms with E-state index in [0.29, 0.717) is 27.5 Å². The van der Waals surface area contributed by atoms with E-state index in [4.69, 9.17) is 4.74 Å². The molecular weight excluding hydrogens is 516 g/mol. The van der Waals surface area contributed by atoms with Crippen LogP contribution >= 0.6 is 27.3 Å². The lowest BCUT2D eigenvalue weighted by Crippen LogP contribution is -2.29. The maximum atomic E-state index is 13.3. The number of ketones is 1. The molecule has 4 aromatic rings. The summed E-state index contributed by atoms with van der Waals surface area (Å²) in [6, 6.07) is 19.1. The summed E-state index contributed by atoms with van der Waals surface area (Å²) < 4.78 is 6.99. The molecule has 1 N–H and O–H groups in total. The molecule has 170 valence electrons. The Labute approximate surface area is 208 Å². The minimum atomic E-state index is -0.822. The predicted molar refractivity (Wildman–Crippen MR) is 136 cm³/mol. The number of aryl methyl sites for hydroxylation is 1. The summed E-state index contributed by atoms with van der Waals surface area (Å²) in [7, 11) is 1.58. The molecule has 2 heterocycles. The fourth-order valence-corrected chi connectivity index (χ4v) is 5.27. The number of methoxy groups -OCH3 is 1. The number of rotatable bonds is 4. The number of aliphatic hydroxyl groups is 1. The molecule has 6 nitrogen and oxygen atoms in total. The van der Waals surface area contributed by atoms with Gasteiger partial charge in [-0.1, -0.05) is 69.2 Å². The molecule has 3 aromatic carbocycles. The zero-order chi connectivity index (χ0) is 24.0. The van der Waals surface area contributed by atoms with Crippen LogP contribution in [-0.4, -0.2) is 28.9 Å². The maximum Gasteiger partial charge on any atom is 0.301 e. The van der Waals surface area contributed by atoms with Crippen LogP contribution in [0.1, 0.15) is 22.7 Å². The van der Waals surface area contributed by atoms with Gasteiger partial charge in [-0.25, -0.2) is 4.98 Å². The smallest absolute Gasteiger partial charge is 0.301 e. The normalized spacial score (nSPS) is 17.5. The number of benzene rings is 3. The summed E-state index contributed by atoms with van der Waals surface area (Å²) >= 11 is 4.72. The van der Waals surface area contributed by atoms with E-state index in [1.807, 2.05) is 55.5 Å². The molecule has 0 bridgehead atoms. The summed E-state index contributed by atoms with van der Waals surface area (Å²) in [6.07, 6.45) is 0. The van der Waals surface area contributed by atoms with Crippen molar-refractivity contribution in [1.29, 1.82) is 0 Å². The standard InChI is InChI=1S/C26H19BrN2O4S/c1-14-3-5-16(6-4-14)23(30)21-22(15-7-9-17(27)10-8-15)29(25(32)24(21)31)26-28-19-12-11-18(33-2)13-20(19)34-26/h3-13,22,30H,1-2H3/b23-21+/t22-/m1/s1. The van der Waals surface area contributed by atoms with Crippen molar-refractivity contribution in [2.24, 2.45) is 0 Å². The first kappa shape index (κ1) is 22.3. The minimum absolute atomic E-state index is 0.0352. The van der Waals surface area contributed by atoms with Crippen LogP contribution in [0, 0.1) is 6.92 Å². The number of anilines is 1. The van der Waals surface area contributed by atoms with Gasteiger partial charge in [0.1, 0.15) is 11.5 Å². The van der Waals surface area contributed by atoms with Gasteiger partial charge in [-0.15, -0.1) is 0 Å². The van der Waals surface area contributed by atoms with Crippen molar-refractivity contribution in [2.75, 3.05) is 12.0 Å². The first-order valence-corrected chi connectivity index (χ1v) is 12.1. The first-order chi connectivity index (χ1) is 16.4. The number of amides is 1. The second kappa shape index (κ2) is 8.70. The fraction of sp³-hybridized carbons (Fsp3) is 0.115. The van der Waals surface area contributed by atoms with E-state index in [2.05, 4.69) is 20.9 Å². The molecule has 1 atom stereocenters. The molecule has 0 radical (unpaired) electrons. The van der Waals surface area contributed by atoms with Crippen molar-refractivity contribution < 1.29 is 19.4 Å². The van der Waals surface area contributed by atoms with Crippen LogP contribution in [0.25, 0.3) is 16.0 Å². The zero-order valence-corrected chi connectivity index (χ0v) is 20.7. The molecule has 1 saturated heterocycles. The second-order valence-electron chi connectivity index (χ2n) is 7.92. The second-order valence-corrected chi connectivity index (χ2v) is 9.84. The number of aromatic nitrogens is 1. The highest BCUT2D eigenvalue weighted by Crippen LogP contribution is 2.44. The lowest BCUT2D eigenvalue weighted by atomic mass is 9.95. The number of fused-ring (bicyclic) bond motifs is 1. The highest BCUT2D eigenvalue weighted by molar-refractivity contribution is 9.10. The van der Waals surface area contributed by atoms with Gasteiger partial charge >= 0.3 is 5.91 Å². The molecule has 1 aliphatic heterocycles. The van der Waals surface area contributed by atoms with Crippen LogP contribution in [0.3, 0.4) is 0 Å². The predicted octanol–water partition coefficient (Wildman–Crippen LogP) is 6.00. The number of nitrogens with zero attached hydrogens (tertiary/aromatic N) is 2. The van der Waals surface area contributed by atoms with Crippen molar-refractivity contribution in [3.63, 3.8) is 0 Å². The zero-order valence-electron chi connectivity index (χ0n) is 18.3. The molecule has 0 aliphatic carbocycles. The highest BCUT2D eigenvalue weighted by atomic mass is 79.9. The van der Waals surface area contributed by atoms with Gasteiger partial charge < -0.3 is 9.84 Å². The van der Waals surface area contributed by atoms with E-state index in [0.717, 1.165) is 14.7 Å². The molecular formula is C26H19BrN2O4S. The number of ether oxygens (including phenoxy) is 1. The van der Waals surface area contributed by atoms with Gasteiger partial charge in [-0.3, -0.25) is 14.5 Å². The third-order valence-electron chi connectivity index (χ3n) is 5.75. The monoisotopic (exact) mass is 534 g/mol. The van der Waals surface area contributed by atoms with Crippen molar-refractivity contribution in [2.45, 2.75) is 13.0 Å². The molecule has 1 aliphatic rings. The first-order valence-electron chi connectivity index (χ1n) is 10.5. The van der Waals surface area contributed by atoms with Gasteiger partial charge in [0.2, 0.25) is 0 Å². The van der Waals surface area contributed by atoms with Crippen LogP contribution in [0.5, 0.6) is 5.75 Å². The van der Waals surface area contributed by atoms with Crippen molar-refractivity contribution in [1.82, 2.24) is 4.98 Å². The molecule has 5 rings (SSSR count). The molecule has 34 heavy (non-hydrogen) atoms. The largest absolute Gasteiger partial charge is 0.507 e. The number of carbonyl (C=O) groups excluding carboxylic acids is 2. The van der Waals surface area contributed by atoms with E-state index in [-0.39, 0.29) is 11.3 Å². The quantitative estimate of drug-likeness (QED) is 0.197. The van der Waals surface area contributed by atoms with Gasteiger partial charge in [0.05, 0.1) is 28.9 Å². The van der Waals surface area contributed by atoms with Gasteiger partial charge in [-0.05, 0) is 42.8 Å². The molecule has 0 saturated carbocycles. The molecule has 1 fully saturated rings. The Morgan fingerprint density at radius 1 is 1.06 bits per heavy atom. The number of thiazole rings is 1. The van der Waals surface area contributed by atoms with Crippen molar-refractivity contribution in [3.05, 3.63) is 93.5 Å². The minimum Gasteiger partial charge on any atom is -0.507 e. The third-order valence-corrected chi connectivity index (χ3v) is 7.29. The van der Waals surface area contributed by atoms with E-state index < -0.39 is 17.7 Å². The van der Waals surface area contributed by atoms with Crippen molar-refractivity contribution >= 4 is 60.1 Å². The summed E-state index contributed by atoms with van der Waals surface area (Å²) in [5.74, 6) is -1.01. The van der Waals surface area contributed by atoms with Gasteiger partial charge in [0, 0.05) is 10.0 Å². The lowest BCUT2D eigenvalue weighted by molar-refractivity contribution is -0.132. The Hall–Kier alpha value is -3.49. The van der Waals surface area contributed by atoms with Crippen LogP contribution in [0.2, 0.25) is 0 Å². The van der Waals surface area contributed by atoms with Gasteiger partial charge in [0.15, 0.2) is 5.13 Å². The summed E-state index contributed by atoms with van der Waals surface area (Å²) in [5, 5.41) is 11.6. The summed E-state index contributed by atoms with van der Waals surface area (Å²) in [6.45, 7) is 1.94. The van der Waals surface area contributed by atoms with Crippen LogP contribution < -0.4 is 9.64 Å². The van der Waals surface area contributed by atoms with Crippen LogP contribution in [0.4, 0.5) is 5.13 Å². The Balaban J connectivity index is 1.71. The third kappa shape index (κ3) is 3.78.